The number of aliphatic imine (C=N–C) groups is 1. The number of hydrogen-bond donors (Lipinski definition) is 0. The van der Waals surface area contributed by atoms with Gasteiger partial charge in [-0.15, -0.1) is 0 Å². The highest BCUT2D eigenvalue weighted by atomic mass is 28.3. The molecule has 0 fully saturated rings. The molecule has 222 valence electrons. The first-order valence-corrected chi connectivity index (χ1v) is 19.4. The lowest BCUT2D eigenvalue weighted by atomic mass is 9.77. The van der Waals surface area contributed by atoms with E-state index in [2.05, 4.69) is 106 Å². The maximum atomic E-state index is 6.48. The van der Waals surface area contributed by atoms with Gasteiger partial charge in [0.15, 0.2) is 12.2 Å². The number of pyridine rings is 2. The van der Waals surface area contributed by atoms with Gasteiger partial charge in [-0.3, -0.25) is 4.99 Å². The average Bonchev–Trinajstić information content (AvgIpc) is 3.35. The Hall–Kier alpha value is -4.09. The predicted octanol–water partition coefficient (Wildman–Crippen LogP) is 9.08. The third-order valence-electron chi connectivity index (χ3n) is 9.67. The molecule has 5 heteroatoms. The van der Waals surface area contributed by atoms with Crippen LogP contribution in [0.2, 0.25) is 19.6 Å². The molecule has 0 radical (unpaired) electrons. The van der Waals surface area contributed by atoms with Gasteiger partial charge in [-0.2, -0.15) is 4.57 Å². The van der Waals surface area contributed by atoms with E-state index in [0.717, 1.165) is 58.3 Å². The van der Waals surface area contributed by atoms with Gasteiger partial charge in [-0.05, 0) is 66.6 Å². The van der Waals surface area contributed by atoms with Gasteiger partial charge in [0, 0.05) is 50.5 Å². The summed E-state index contributed by atoms with van der Waals surface area (Å²) in [7, 11) is -1.61. The molecular formula is C39H42N3OSi+. The summed E-state index contributed by atoms with van der Waals surface area (Å²) in [5.74, 6) is 0.792. The fourth-order valence-corrected chi connectivity index (χ4v) is 9.29. The molecule has 5 heterocycles. The van der Waals surface area contributed by atoms with Crippen LogP contribution >= 0.6 is 0 Å². The van der Waals surface area contributed by atoms with Gasteiger partial charge >= 0.3 is 0 Å². The number of fused-ring (bicyclic) bond motifs is 11. The first-order valence-electron chi connectivity index (χ1n) is 15.9. The number of benzene rings is 2. The van der Waals surface area contributed by atoms with Crippen molar-refractivity contribution < 1.29 is 8.98 Å². The molecule has 0 amide bonds. The van der Waals surface area contributed by atoms with Crippen molar-refractivity contribution in [3.05, 3.63) is 114 Å². The molecule has 0 bridgehead atoms. The molecule has 2 aliphatic rings. The Bertz CT molecular complexity index is 2020. The minimum atomic E-state index is -1.61. The maximum absolute atomic E-state index is 6.48. The maximum Gasteiger partial charge on any atom is 0.227 e. The van der Waals surface area contributed by atoms with Crippen LogP contribution in [0.15, 0.2) is 95.1 Å². The van der Waals surface area contributed by atoms with Gasteiger partial charge in [-0.1, -0.05) is 77.0 Å². The topological polar surface area (TPSA) is 42.3 Å². The van der Waals surface area contributed by atoms with E-state index in [1.165, 1.54) is 27.9 Å². The molecule has 2 atom stereocenters. The van der Waals surface area contributed by atoms with Crippen molar-refractivity contribution in [1.82, 2.24) is 4.98 Å². The second kappa shape index (κ2) is 10.5. The Morgan fingerprint density at radius 2 is 1.82 bits per heavy atom. The molecule has 5 aromatic rings. The lowest BCUT2D eigenvalue weighted by molar-refractivity contribution is -0.717. The molecule has 0 saturated heterocycles. The number of allylic oxidation sites excluding steroid dienone is 2. The molecular weight excluding hydrogens is 555 g/mol. The summed E-state index contributed by atoms with van der Waals surface area (Å²) >= 11 is 0. The molecule has 2 aliphatic heterocycles. The van der Waals surface area contributed by atoms with Crippen LogP contribution < -0.4 is 9.75 Å². The summed E-state index contributed by atoms with van der Waals surface area (Å²) in [5.41, 5.74) is 12.0. The smallest absolute Gasteiger partial charge is 0.227 e. The van der Waals surface area contributed by atoms with Gasteiger partial charge in [-0.25, -0.2) is 4.98 Å². The molecule has 44 heavy (non-hydrogen) atoms. The highest BCUT2D eigenvalue weighted by Gasteiger charge is 2.42. The van der Waals surface area contributed by atoms with E-state index < -0.39 is 8.07 Å². The van der Waals surface area contributed by atoms with Gasteiger partial charge in [0.2, 0.25) is 11.4 Å². The molecule has 0 saturated carbocycles. The standard InChI is InChI=1S/C39H42N3OSi/c1-9-33-37-26(16-19-30-31-17-14-24(4)41-39(31)43-38(30)37)15-18-29-27-12-10-11-13-28(27)35-21-32(23(2)3)36(44(6,7)8)22-42(35)34(29)20-25(5)40-33/h9-14,16-17,19,21-23,29,34H,1,5,15,18,20H2,2-4,6-8H3/q+1. The van der Waals surface area contributed by atoms with Crippen LogP contribution in [0.5, 0.6) is 0 Å². The Labute approximate surface area is 261 Å². The van der Waals surface area contributed by atoms with Crippen LogP contribution in [0.4, 0.5) is 0 Å². The van der Waals surface area contributed by atoms with Crippen LogP contribution in [-0.2, 0) is 6.42 Å². The lowest BCUT2D eigenvalue weighted by Gasteiger charge is -2.33. The van der Waals surface area contributed by atoms with E-state index in [9.17, 15) is 0 Å². The van der Waals surface area contributed by atoms with Crippen LogP contribution in [0, 0.1) is 6.92 Å². The minimum Gasteiger partial charge on any atom is -0.437 e. The van der Waals surface area contributed by atoms with Crippen molar-refractivity contribution in [1.29, 1.82) is 0 Å². The molecule has 0 N–H and O–H groups in total. The number of nitrogens with zero attached hydrogens (tertiary/aromatic N) is 3. The highest BCUT2D eigenvalue weighted by Crippen LogP contribution is 2.45. The quantitative estimate of drug-likeness (QED) is 0.154. The summed E-state index contributed by atoms with van der Waals surface area (Å²) in [6, 6.07) is 20.4. The van der Waals surface area contributed by atoms with Crippen molar-refractivity contribution in [2.45, 2.75) is 77.6 Å². The summed E-state index contributed by atoms with van der Waals surface area (Å²) in [6.45, 7) is 22.8. The SMILES string of the molecule is C=CC1=NC(=C)CC2C(CCc3ccc4c(oc5nc(C)ccc54)c31)c1ccccc1-c1cc(C(C)C)c([Si](C)(C)C)c[n+]12. The van der Waals surface area contributed by atoms with Crippen LogP contribution in [0.1, 0.15) is 72.5 Å². The molecule has 0 spiro atoms. The van der Waals surface area contributed by atoms with E-state index in [1.54, 1.807) is 5.19 Å². The largest absolute Gasteiger partial charge is 0.437 e. The zero-order valence-electron chi connectivity index (χ0n) is 26.9. The van der Waals surface area contributed by atoms with Crippen LogP contribution in [-0.4, -0.2) is 18.8 Å². The van der Waals surface area contributed by atoms with Crippen molar-refractivity contribution in [2.24, 2.45) is 4.99 Å². The predicted molar refractivity (Wildman–Crippen MR) is 186 cm³/mol. The second-order valence-electron chi connectivity index (χ2n) is 14.0. The van der Waals surface area contributed by atoms with Gasteiger partial charge in [0.25, 0.3) is 0 Å². The number of aryl methyl sites for hydroxylation is 2. The molecule has 3 aromatic heterocycles. The fraction of sp³-hybridized carbons (Fsp3) is 0.308. The van der Waals surface area contributed by atoms with Gasteiger partial charge < -0.3 is 4.42 Å². The summed E-state index contributed by atoms with van der Waals surface area (Å²) in [5, 5.41) is 3.64. The minimum absolute atomic E-state index is 0.224. The van der Waals surface area contributed by atoms with Crippen molar-refractivity contribution >= 4 is 41.0 Å². The van der Waals surface area contributed by atoms with E-state index in [1.807, 2.05) is 19.1 Å². The zero-order chi connectivity index (χ0) is 30.9. The zero-order valence-corrected chi connectivity index (χ0v) is 27.9. The second-order valence-corrected chi connectivity index (χ2v) is 19.0. The third kappa shape index (κ3) is 4.60. The third-order valence-corrected chi connectivity index (χ3v) is 11.7. The van der Waals surface area contributed by atoms with Gasteiger partial charge in [0.05, 0.1) is 20.2 Å². The Kier molecular flexibility index (Phi) is 6.85. The Balaban J connectivity index is 1.44. The number of rotatable bonds is 3. The van der Waals surface area contributed by atoms with E-state index in [4.69, 9.17) is 14.4 Å². The van der Waals surface area contributed by atoms with E-state index in [-0.39, 0.29) is 6.04 Å². The van der Waals surface area contributed by atoms with Gasteiger partial charge in [0.1, 0.15) is 5.58 Å². The molecule has 0 aliphatic carbocycles. The summed E-state index contributed by atoms with van der Waals surface area (Å²) in [6.07, 6.45) is 7.07. The Morgan fingerprint density at radius 1 is 1.05 bits per heavy atom. The van der Waals surface area contributed by atoms with E-state index >= 15 is 0 Å². The Morgan fingerprint density at radius 3 is 2.57 bits per heavy atom. The van der Waals surface area contributed by atoms with Crippen molar-refractivity contribution in [3.8, 4) is 11.3 Å². The first-order chi connectivity index (χ1) is 21.0. The molecule has 7 rings (SSSR count). The lowest BCUT2D eigenvalue weighted by Crippen LogP contribution is -2.54. The van der Waals surface area contributed by atoms with Crippen LogP contribution in [0.3, 0.4) is 0 Å². The molecule has 2 aromatic carbocycles. The number of furan rings is 1. The number of aromatic nitrogens is 2. The normalized spacial score (nSPS) is 18.4. The molecule has 2 unspecified atom stereocenters. The van der Waals surface area contributed by atoms with E-state index in [0.29, 0.717) is 17.5 Å². The monoisotopic (exact) mass is 596 g/mol. The fourth-order valence-electron chi connectivity index (χ4n) is 7.54. The average molecular weight is 597 g/mol. The van der Waals surface area contributed by atoms with Crippen molar-refractivity contribution in [3.63, 3.8) is 0 Å². The number of hydrogen-bond acceptors (Lipinski definition) is 3. The summed E-state index contributed by atoms with van der Waals surface area (Å²) < 4.78 is 9.08. The first kappa shape index (κ1) is 28.7. The highest BCUT2D eigenvalue weighted by molar-refractivity contribution is 6.89. The van der Waals surface area contributed by atoms with Crippen molar-refractivity contribution in [2.75, 3.05) is 0 Å². The molecule has 4 nitrogen and oxygen atoms in total. The van der Waals surface area contributed by atoms with Crippen LogP contribution in [0.25, 0.3) is 33.3 Å². The summed E-state index contributed by atoms with van der Waals surface area (Å²) in [4.78, 5) is 9.89.